The first-order valence-corrected chi connectivity index (χ1v) is 6.68. The van der Waals surface area contributed by atoms with E-state index in [0.29, 0.717) is 19.1 Å². The molecular formula is C14H26N2O3. The first-order chi connectivity index (χ1) is 8.90. The third kappa shape index (κ3) is 8.37. The highest BCUT2D eigenvalue weighted by Gasteiger charge is 2.16. The lowest BCUT2D eigenvalue weighted by Gasteiger charge is -2.22. The maximum absolute atomic E-state index is 11.8. The van der Waals surface area contributed by atoms with Gasteiger partial charge in [0.15, 0.2) is 0 Å². The molecule has 1 amide bonds. The predicted molar refractivity (Wildman–Crippen MR) is 75.7 cm³/mol. The van der Waals surface area contributed by atoms with Gasteiger partial charge in [-0.3, -0.25) is 14.5 Å². The second-order valence-electron chi connectivity index (χ2n) is 4.86. The van der Waals surface area contributed by atoms with Crippen LogP contribution in [0, 0.1) is 5.92 Å². The summed E-state index contributed by atoms with van der Waals surface area (Å²) in [5.41, 5.74) is 0. The zero-order valence-corrected chi connectivity index (χ0v) is 12.4. The summed E-state index contributed by atoms with van der Waals surface area (Å²) in [4.78, 5) is 25.0. The van der Waals surface area contributed by atoms with Gasteiger partial charge in [-0.1, -0.05) is 19.9 Å². The number of ether oxygens (including phenoxy) is 1. The molecule has 0 rings (SSSR count). The molecule has 0 heterocycles. The molecule has 0 spiro atoms. The Morgan fingerprint density at radius 2 is 1.95 bits per heavy atom. The highest BCUT2D eigenvalue weighted by Crippen LogP contribution is 2.00. The van der Waals surface area contributed by atoms with E-state index in [0.717, 1.165) is 0 Å². The molecular weight excluding hydrogens is 244 g/mol. The van der Waals surface area contributed by atoms with E-state index in [9.17, 15) is 9.59 Å². The fraction of sp³-hybridized carbons (Fsp3) is 0.714. The van der Waals surface area contributed by atoms with Crippen LogP contribution in [0.2, 0.25) is 0 Å². The van der Waals surface area contributed by atoms with E-state index in [4.69, 9.17) is 4.74 Å². The van der Waals surface area contributed by atoms with Gasteiger partial charge in [-0.2, -0.15) is 0 Å². The van der Waals surface area contributed by atoms with E-state index in [1.165, 1.54) is 0 Å². The van der Waals surface area contributed by atoms with Gasteiger partial charge in [0.2, 0.25) is 5.91 Å². The standard InChI is InChI=1S/C14H26N2O3/c1-6-8-16(10-14(18)19-7-2)9-13(17)15-12(5)11(3)4/h6,11-12H,1,7-10H2,2-5H3,(H,15,17). The Morgan fingerprint density at radius 3 is 2.42 bits per heavy atom. The van der Waals surface area contributed by atoms with Gasteiger partial charge >= 0.3 is 5.97 Å². The fourth-order valence-electron chi connectivity index (χ4n) is 1.43. The quantitative estimate of drug-likeness (QED) is 0.505. The van der Waals surface area contributed by atoms with Gasteiger partial charge in [-0.05, 0) is 19.8 Å². The summed E-state index contributed by atoms with van der Waals surface area (Å²) >= 11 is 0. The van der Waals surface area contributed by atoms with E-state index in [1.54, 1.807) is 17.9 Å². The molecule has 1 N–H and O–H groups in total. The highest BCUT2D eigenvalue weighted by molar-refractivity contribution is 5.79. The van der Waals surface area contributed by atoms with Gasteiger partial charge in [0.1, 0.15) is 0 Å². The molecule has 0 aromatic carbocycles. The zero-order chi connectivity index (χ0) is 14.8. The molecule has 5 heteroatoms. The Labute approximate surface area is 116 Å². The molecule has 0 fully saturated rings. The summed E-state index contributed by atoms with van der Waals surface area (Å²) in [6.07, 6.45) is 1.67. The molecule has 19 heavy (non-hydrogen) atoms. The van der Waals surface area contributed by atoms with Crippen molar-refractivity contribution in [3.63, 3.8) is 0 Å². The summed E-state index contributed by atoms with van der Waals surface area (Å²) in [5, 5.41) is 2.91. The van der Waals surface area contributed by atoms with Crippen LogP contribution in [0.4, 0.5) is 0 Å². The maximum Gasteiger partial charge on any atom is 0.320 e. The number of esters is 1. The van der Waals surface area contributed by atoms with E-state index in [-0.39, 0.29) is 31.0 Å². The highest BCUT2D eigenvalue weighted by atomic mass is 16.5. The lowest BCUT2D eigenvalue weighted by Crippen LogP contribution is -2.44. The lowest BCUT2D eigenvalue weighted by molar-refractivity contribution is -0.144. The van der Waals surface area contributed by atoms with Crippen LogP contribution in [-0.2, 0) is 14.3 Å². The summed E-state index contributed by atoms with van der Waals surface area (Å²) in [7, 11) is 0. The number of nitrogens with one attached hydrogen (secondary N) is 1. The normalized spacial score (nSPS) is 12.3. The molecule has 0 aliphatic rings. The van der Waals surface area contributed by atoms with Crippen LogP contribution in [0.3, 0.4) is 0 Å². The van der Waals surface area contributed by atoms with Crippen molar-refractivity contribution in [2.45, 2.75) is 33.7 Å². The Hall–Kier alpha value is -1.36. The molecule has 0 bridgehead atoms. The molecule has 0 aliphatic heterocycles. The predicted octanol–water partition coefficient (Wildman–Crippen LogP) is 1.20. The van der Waals surface area contributed by atoms with E-state index >= 15 is 0 Å². The van der Waals surface area contributed by atoms with Crippen LogP contribution in [0.15, 0.2) is 12.7 Å². The topological polar surface area (TPSA) is 58.6 Å². The molecule has 0 saturated carbocycles. The third-order valence-corrected chi connectivity index (χ3v) is 2.80. The first kappa shape index (κ1) is 17.6. The number of amides is 1. The number of rotatable bonds is 9. The van der Waals surface area contributed by atoms with Gasteiger partial charge in [-0.15, -0.1) is 6.58 Å². The summed E-state index contributed by atoms with van der Waals surface area (Å²) in [5.74, 6) is -0.0386. The van der Waals surface area contributed by atoms with Crippen LogP contribution >= 0.6 is 0 Å². The second-order valence-corrected chi connectivity index (χ2v) is 4.86. The fourth-order valence-corrected chi connectivity index (χ4v) is 1.43. The average molecular weight is 270 g/mol. The van der Waals surface area contributed by atoms with Crippen LogP contribution < -0.4 is 5.32 Å². The number of carbonyl (C=O) groups is 2. The molecule has 0 aliphatic carbocycles. The minimum absolute atomic E-state index is 0.0904. The molecule has 110 valence electrons. The minimum Gasteiger partial charge on any atom is -0.465 e. The molecule has 1 unspecified atom stereocenters. The summed E-state index contributed by atoms with van der Waals surface area (Å²) in [6, 6.07) is 0.112. The van der Waals surface area contributed by atoms with Crippen molar-refractivity contribution in [1.82, 2.24) is 10.2 Å². The number of carbonyl (C=O) groups excluding carboxylic acids is 2. The van der Waals surface area contributed by atoms with Crippen LogP contribution in [-0.4, -0.2) is 49.1 Å². The van der Waals surface area contributed by atoms with Crippen molar-refractivity contribution in [3.8, 4) is 0 Å². The minimum atomic E-state index is -0.325. The molecule has 0 radical (unpaired) electrons. The zero-order valence-electron chi connectivity index (χ0n) is 12.4. The lowest BCUT2D eigenvalue weighted by atomic mass is 10.1. The molecule has 0 aromatic heterocycles. The van der Waals surface area contributed by atoms with Gasteiger partial charge in [0, 0.05) is 12.6 Å². The summed E-state index contributed by atoms with van der Waals surface area (Å²) < 4.78 is 4.87. The number of hydrogen-bond acceptors (Lipinski definition) is 4. The van der Waals surface area contributed by atoms with Crippen LogP contribution in [0.5, 0.6) is 0 Å². The SMILES string of the molecule is C=CCN(CC(=O)NC(C)C(C)C)CC(=O)OCC. The van der Waals surface area contributed by atoms with Crippen molar-refractivity contribution in [3.05, 3.63) is 12.7 Å². The largest absolute Gasteiger partial charge is 0.465 e. The van der Waals surface area contributed by atoms with E-state index in [1.807, 2.05) is 20.8 Å². The molecule has 1 atom stereocenters. The Kier molecular flexibility index (Phi) is 8.87. The van der Waals surface area contributed by atoms with Crippen molar-refractivity contribution in [2.24, 2.45) is 5.92 Å². The molecule has 5 nitrogen and oxygen atoms in total. The molecule has 0 saturated heterocycles. The third-order valence-electron chi connectivity index (χ3n) is 2.80. The number of nitrogens with zero attached hydrogens (tertiary/aromatic N) is 1. The number of hydrogen-bond donors (Lipinski definition) is 1. The van der Waals surface area contributed by atoms with E-state index < -0.39 is 0 Å². The van der Waals surface area contributed by atoms with Crippen molar-refractivity contribution >= 4 is 11.9 Å². The van der Waals surface area contributed by atoms with Crippen molar-refractivity contribution < 1.29 is 14.3 Å². The van der Waals surface area contributed by atoms with Gasteiger partial charge in [0.25, 0.3) is 0 Å². The smallest absolute Gasteiger partial charge is 0.320 e. The average Bonchev–Trinajstić information content (AvgIpc) is 2.28. The van der Waals surface area contributed by atoms with Gasteiger partial charge < -0.3 is 10.1 Å². The van der Waals surface area contributed by atoms with Crippen LogP contribution in [0.25, 0.3) is 0 Å². The van der Waals surface area contributed by atoms with Crippen molar-refractivity contribution in [2.75, 3.05) is 26.2 Å². The van der Waals surface area contributed by atoms with E-state index in [2.05, 4.69) is 11.9 Å². The summed E-state index contributed by atoms with van der Waals surface area (Å²) in [6.45, 7) is 12.5. The van der Waals surface area contributed by atoms with Crippen molar-refractivity contribution in [1.29, 1.82) is 0 Å². The van der Waals surface area contributed by atoms with Gasteiger partial charge in [0.05, 0.1) is 19.7 Å². The Bertz CT molecular complexity index is 303. The second kappa shape index (κ2) is 9.55. The van der Waals surface area contributed by atoms with Gasteiger partial charge in [-0.25, -0.2) is 0 Å². The Morgan fingerprint density at radius 1 is 1.32 bits per heavy atom. The maximum atomic E-state index is 11.8. The Balaban J connectivity index is 4.29. The molecule has 0 aromatic rings. The first-order valence-electron chi connectivity index (χ1n) is 6.68. The van der Waals surface area contributed by atoms with Crippen LogP contribution in [0.1, 0.15) is 27.7 Å². The monoisotopic (exact) mass is 270 g/mol.